The van der Waals surface area contributed by atoms with E-state index in [0.29, 0.717) is 0 Å². The van der Waals surface area contributed by atoms with Crippen LogP contribution in [0.15, 0.2) is 72.3 Å². The highest BCUT2D eigenvalue weighted by molar-refractivity contribution is 7.94. The van der Waals surface area contributed by atoms with Crippen LogP contribution in [0, 0.1) is 11.3 Å². The Morgan fingerprint density at radius 3 is 1.97 bits per heavy atom. The minimum absolute atomic E-state index is 0.0190. The van der Waals surface area contributed by atoms with Crippen molar-refractivity contribution in [2.75, 3.05) is 0 Å². The summed E-state index contributed by atoms with van der Waals surface area (Å²) in [5.74, 6) is -0.603. The molecule has 0 N–H and O–H groups in total. The largest absolute Gasteiger partial charge is 0.449 e. The normalized spacial score (nSPS) is 19.2. The molecule has 1 aliphatic rings. The molecular weight excluding hydrogens is 398 g/mol. The number of hydrogen-bond acceptors (Lipinski definition) is 5. The average molecular weight is 424 g/mol. The van der Waals surface area contributed by atoms with E-state index in [1.165, 1.54) is 6.08 Å². The van der Waals surface area contributed by atoms with Crippen molar-refractivity contribution < 1.29 is 17.9 Å². The summed E-state index contributed by atoms with van der Waals surface area (Å²) in [6, 6.07) is 20.7. The minimum Gasteiger partial charge on any atom is -0.449 e. The summed E-state index contributed by atoms with van der Waals surface area (Å²) in [5, 5.41) is 9.74. The van der Waals surface area contributed by atoms with E-state index < -0.39 is 31.4 Å². The van der Waals surface area contributed by atoms with Gasteiger partial charge in [-0.3, -0.25) is 0 Å². The Morgan fingerprint density at radius 1 is 1.03 bits per heavy atom. The van der Waals surface area contributed by atoms with Crippen molar-refractivity contribution >= 4 is 15.8 Å². The maximum Gasteiger partial charge on any atom is 0.334 e. The van der Waals surface area contributed by atoms with Gasteiger partial charge in [-0.2, -0.15) is 5.26 Å². The number of allylic oxidation sites excluding steroid dienone is 1. The Bertz CT molecular complexity index is 1050. The monoisotopic (exact) mass is 423 g/mol. The average Bonchev–Trinajstić information content (AvgIpc) is 3.19. The second kappa shape index (κ2) is 8.08. The topological polar surface area (TPSA) is 84.2 Å². The minimum atomic E-state index is -3.81. The fourth-order valence-corrected chi connectivity index (χ4v) is 5.54. The molecule has 0 fully saturated rings. The van der Waals surface area contributed by atoms with Crippen molar-refractivity contribution in [1.29, 1.82) is 5.26 Å². The molecule has 0 saturated heterocycles. The molecule has 3 rings (SSSR count). The third kappa shape index (κ3) is 3.90. The number of esters is 1. The summed E-state index contributed by atoms with van der Waals surface area (Å²) in [4.78, 5) is 13.0. The molecular formula is C24H25NO4S. The highest BCUT2D eigenvalue weighted by Gasteiger charge is 2.53. The number of rotatable bonds is 5. The maximum absolute atomic E-state index is 13.0. The van der Waals surface area contributed by atoms with Gasteiger partial charge in [-0.15, -0.1) is 0 Å². The van der Waals surface area contributed by atoms with Gasteiger partial charge in [0, 0.05) is 12.0 Å². The van der Waals surface area contributed by atoms with Gasteiger partial charge >= 0.3 is 5.97 Å². The molecule has 0 saturated carbocycles. The van der Waals surface area contributed by atoms with Crippen LogP contribution in [-0.4, -0.2) is 23.9 Å². The first-order valence-corrected chi connectivity index (χ1v) is 11.2. The van der Waals surface area contributed by atoms with Crippen LogP contribution in [-0.2, 0) is 19.4 Å². The zero-order chi connectivity index (χ0) is 22.0. The summed E-state index contributed by atoms with van der Waals surface area (Å²) in [6.07, 6.45) is 0.715. The molecule has 0 spiro atoms. The van der Waals surface area contributed by atoms with Crippen LogP contribution in [0.4, 0.5) is 0 Å². The van der Waals surface area contributed by atoms with Gasteiger partial charge in [0.15, 0.2) is 20.7 Å². The smallest absolute Gasteiger partial charge is 0.334 e. The molecule has 0 aromatic heterocycles. The van der Waals surface area contributed by atoms with Gasteiger partial charge in [-0.05, 0) is 38.3 Å². The molecule has 1 aliphatic carbocycles. The summed E-state index contributed by atoms with van der Waals surface area (Å²) in [6.45, 7) is 4.70. The summed E-state index contributed by atoms with van der Waals surface area (Å²) < 4.78 is 29.1. The lowest BCUT2D eigenvalue weighted by molar-refractivity contribution is -0.142. The van der Waals surface area contributed by atoms with Gasteiger partial charge in [0.1, 0.15) is 0 Å². The zero-order valence-corrected chi connectivity index (χ0v) is 18.1. The van der Waals surface area contributed by atoms with Gasteiger partial charge in [-0.1, -0.05) is 66.7 Å². The van der Waals surface area contributed by atoms with Gasteiger partial charge in [-0.25, -0.2) is 13.2 Å². The molecule has 6 heteroatoms. The summed E-state index contributed by atoms with van der Waals surface area (Å²) in [5.41, 5.74) is 1.84. The van der Waals surface area contributed by atoms with Gasteiger partial charge < -0.3 is 4.74 Å². The summed E-state index contributed by atoms with van der Waals surface area (Å²) in [7, 11) is -3.81. The fourth-order valence-electron chi connectivity index (χ4n) is 3.60. The van der Waals surface area contributed by atoms with E-state index in [4.69, 9.17) is 4.74 Å². The molecule has 5 nitrogen and oxygen atoms in total. The van der Waals surface area contributed by atoms with Crippen LogP contribution in [0.1, 0.15) is 50.8 Å². The van der Waals surface area contributed by atoms with E-state index >= 15 is 0 Å². The number of hydrogen-bond donors (Lipinski definition) is 0. The molecule has 0 heterocycles. The zero-order valence-electron chi connectivity index (χ0n) is 17.3. The lowest BCUT2D eigenvalue weighted by Gasteiger charge is -2.30. The fraction of sp³-hybridized carbons (Fsp3) is 0.333. The van der Waals surface area contributed by atoms with Crippen LogP contribution in [0.25, 0.3) is 0 Å². The van der Waals surface area contributed by atoms with Crippen LogP contribution in [0.2, 0.25) is 0 Å². The van der Waals surface area contributed by atoms with Crippen LogP contribution in [0.3, 0.4) is 0 Å². The second-order valence-electron chi connectivity index (χ2n) is 8.44. The van der Waals surface area contributed by atoms with Crippen molar-refractivity contribution in [2.24, 2.45) is 0 Å². The highest BCUT2D eigenvalue weighted by Crippen LogP contribution is 2.42. The van der Waals surface area contributed by atoms with E-state index in [0.717, 1.165) is 11.1 Å². The van der Waals surface area contributed by atoms with Gasteiger partial charge in [0.2, 0.25) is 0 Å². The second-order valence-corrected chi connectivity index (χ2v) is 11.5. The number of sulfone groups is 1. The summed E-state index contributed by atoms with van der Waals surface area (Å²) >= 11 is 0. The lowest BCUT2D eigenvalue weighted by atomic mass is 10.0. The molecule has 1 atom stereocenters. The van der Waals surface area contributed by atoms with Crippen LogP contribution in [0.5, 0.6) is 0 Å². The Kier molecular flexibility index (Phi) is 5.87. The third-order valence-electron chi connectivity index (χ3n) is 5.37. The Morgan fingerprint density at radius 2 is 1.53 bits per heavy atom. The van der Waals surface area contributed by atoms with E-state index in [-0.39, 0.29) is 18.4 Å². The maximum atomic E-state index is 13.0. The lowest BCUT2D eigenvalue weighted by Crippen LogP contribution is -2.46. The molecule has 2 aromatic rings. The van der Waals surface area contributed by atoms with Crippen LogP contribution >= 0.6 is 0 Å². The van der Waals surface area contributed by atoms with E-state index in [1.54, 1.807) is 20.8 Å². The molecule has 2 aromatic carbocycles. The first kappa shape index (κ1) is 21.8. The number of carbonyl (C=O) groups excluding carboxylic acids is 1. The molecule has 156 valence electrons. The number of benzene rings is 2. The van der Waals surface area contributed by atoms with E-state index in [9.17, 15) is 18.5 Å². The molecule has 0 amide bonds. The quantitative estimate of drug-likeness (QED) is 0.661. The first-order chi connectivity index (χ1) is 14.1. The molecule has 0 bridgehead atoms. The van der Waals surface area contributed by atoms with Gasteiger partial charge in [0.25, 0.3) is 0 Å². The van der Waals surface area contributed by atoms with Crippen molar-refractivity contribution in [1.82, 2.24) is 0 Å². The highest BCUT2D eigenvalue weighted by atomic mass is 32.2. The predicted octanol–water partition coefficient (Wildman–Crippen LogP) is 4.52. The number of nitriles is 1. The third-order valence-corrected chi connectivity index (χ3v) is 8.41. The number of nitrogens with zero attached hydrogens (tertiary/aromatic N) is 1. The van der Waals surface area contributed by atoms with Crippen molar-refractivity contribution in [3.05, 3.63) is 83.4 Å². The molecule has 0 unspecified atom stereocenters. The Balaban J connectivity index is 1.87. The standard InChI is InChI=1S/C24H25NO4S/c1-23(2,3)30(27,28)24(17-25)15-14-20(16-24)22(26)29-21(18-10-6-4-7-11-18)19-12-8-5-9-13-19/h4-14,21H,15-16H2,1-3H3/t24-/m1/s1. The number of carbonyl (C=O) groups is 1. The molecule has 0 aliphatic heterocycles. The van der Waals surface area contributed by atoms with Gasteiger partial charge in [0.05, 0.1) is 10.8 Å². The Hall–Kier alpha value is -2.91. The molecule has 0 radical (unpaired) electrons. The first-order valence-electron chi connectivity index (χ1n) is 9.77. The Labute approximate surface area is 177 Å². The SMILES string of the molecule is CC(C)(C)S(=O)(=O)[C@]1(C#N)CC=C(C(=O)OC(c2ccccc2)c2ccccc2)C1. The van der Waals surface area contributed by atoms with E-state index in [1.807, 2.05) is 66.7 Å². The van der Waals surface area contributed by atoms with E-state index in [2.05, 4.69) is 0 Å². The van der Waals surface area contributed by atoms with Crippen LogP contribution < -0.4 is 0 Å². The van der Waals surface area contributed by atoms with Crippen molar-refractivity contribution in [3.63, 3.8) is 0 Å². The van der Waals surface area contributed by atoms with Crippen molar-refractivity contribution in [3.8, 4) is 6.07 Å². The van der Waals surface area contributed by atoms with Crippen molar-refractivity contribution in [2.45, 2.75) is 49.2 Å². The molecule has 30 heavy (non-hydrogen) atoms. The number of ether oxygens (including phenoxy) is 1. The predicted molar refractivity (Wildman–Crippen MR) is 115 cm³/mol.